The fourth-order valence-electron chi connectivity index (χ4n) is 4.16. The molecule has 2 heterocycles. The first-order chi connectivity index (χ1) is 13.2. The standard InChI is InChI=1S/C23H29N3O/c1-2-19-8-9-22-21(16-19)17-23(27)26(22)15-14-24-10-12-25(13-11-24)18-20-6-4-3-5-7-20/h3-9,16H,2,10-15,17-18H2,1H3. The van der Waals surface area contributed by atoms with Crippen molar-refractivity contribution in [2.24, 2.45) is 0 Å². The van der Waals surface area contributed by atoms with Gasteiger partial charge in [0.05, 0.1) is 6.42 Å². The van der Waals surface area contributed by atoms with E-state index in [9.17, 15) is 4.79 Å². The molecular formula is C23H29N3O. The molecule has 1 saturated heterocycles. The Balaban J connectivity index is 1.28. The molecule has 4 heteroatoms. The summed E-state index contributed by atoms with van der Waals surface area (Å²) in [5.41, 5.74) is 5.03. The Labute approximate surface area is 162 Å². The molecule has 2 aromatic carbocycles. The van der Waals surface area contributed by atoms with Crippen LogP contribution in [-0.2, 0) is 24.2 Å². The highest BCUT2D eigenvalue weighted by atomic mass is 16.2. The molecule has 0 N–H and O–H groups in total. The van der Waals surface area contributed by atoms with Crippen molar-refractivity contribution >= 4 is 11.6 Å². The van der Waals surface area contributed by atoms with E-state index in [0.29, 0.717) is 6.42 Å². The molecule has 2 aliphatic heterocycles. The topological polar surface area (TPSA) is 26.8 Å². The lowest BCUT2D eigenvalue weighted by molar-refractivity contribution is -0.117. The van der Waals surface area contributed by atoms with Crippen LogP contribution in [0.1, 0.15) is 23.6 Å². The number of rotatable bonds is 6. The Morgan fingerprint density at radius 2 is 1.59 bits per heavy atom. The van der Waals surface area contributed by atoms with E-state index < -0.39 is 0 Å². The van der Waals surface area contributed by atoms with Crippen LogP contribution in [0.3, 0.4) is 0 Å². The first-order valence-corrected chi connectivity index (χ1v) is 10.1. The number of carbonyl (C=O) groups excluding carboxylic acids is 1. The van der Waals surface area contributed by atoms with Crippen molar-refractivity contribution in [1.82, 2.24) is 9.80 Å². The average molecular weight is 364 g/mol. The molecule has 1 amide bonds. The first kappa shape index (κ1) is 18.2. The third-order valence-corrected chi connectivity index (χ3v) is 5.84. The summed E-state index contributed by atoms with van der Waals surface area (Å²) in [6.07, 6.45) is 1.59. The van der Waals surface area contributed by atoms with Crippen molar-refractivity contribution in [2.45, 2.75) is 26.3 Å². The summed E-state index contributed by atoms with van der Waals surface area (Å²) in [5, 5.41) is 0. The maximum absolute atomic E-state index is 12.5. The van der Waals surface area contributed by atoms with Gasteiger partial charge < -0.3 is 4.90 Å². The Morgan fingerprint density at radius 1 is 0.852 bits per heavy atom. The number of anilines is 1. The van der Waals surface area contributed by atoms with Crippen LogP contribution in [0.5, 0.6) is 0 Å². The largest absolute Gasteiger partial charge is 0.311 e. The summed E-state index contributed by atoms with van der Waals surface area (Å²) in [6.45, 7) is 9.31. The van der Waals surface area contributed by atoms with Crippen LogP contribution in [0, 0.1) is 0 Å². The van der Waals surface area contributed by atoms with Crippen LogP contribution >= 0.6 is 0 Å². The third-order valence-electron chi connectivity index (χ3n) is 5.84. The van der Waals surface area contributed by atoms with Gasteiger partial charge in [0.2, 0.25) is 5.91 Å². The minimum atomic E-state index is 0.251. The molecule has 0 aliphatic carbocycles. The van der Waals surface area contributed by atoms with Crippen LogP contribution in [0.15, 0.2) is 48.5 Å². The minimum Gasteiger partial charge on any atom is -0.311 e. The zero-order valence-corrected chi connectivity index (χ0v) is 16.2. The van der Waals surface area contributed by atoms with Crippen molar-refractivity contribution in [2.75, 3.05) is 44.2 Å². The van der Waals surface area contributed by atoms with E-state index in [2.05, 4.69) is 65.3 Å². The van der Waals surface area contributed by atoms with Gasteiger partial charge in [0.1, 0.15) is 0 Å². The second-order valence-corrected chi connectivity index (χ2v) is 7.64. The number of carbonyl (C=O) groups is 1. The second-order valence-electron chi connectivity index (χ2n) is 7.64. The van der Waals surface area contributed by atoms with Gasteiger partial charge in [0.15, 0.2) is 0 Å². The predicted molar refractivity (Wildman–Crippen MR) is 110 cm³/mol. The van der Waals surface area contributed by atoms with Gasteiger partial charge in [-0.05, 0) is 29.2 Å². The smallest absolute Gasteiger partial charge is 0.231 e. The maximum Gasteiger partial charge on any atom is 0.231 e. The van der Waals surface area contributed by atoms with Gasteiger partial charge in [0.25, 0.3) is 0 Å². The highest BCUT2D eigenvalue weighted by Gasteiger charge is 2.28. The number of aryl methyl sites for hydroxylation is 1. The van der Waals surface area contributed by atoms with E-state index in [-0.39, 0.29) is 5.91 Å². The molecule has 0 unspecified atom stereocenters. The van der Waals surface area contributed by atoms with Crippen molar-refractivity contribution < 1.29 is 4.79 Å². The van der Waals surface area contributed by atoms with Gasteiger partial charge in [-0.3, -0.25) is 14.6 Å². The molecule has 2 aromatic rings. The van der Waals surface area contributed by atoms with Gasteiger partial charge in [-0.1, -0.05) is 49.4 Å². The second kappa shape index (κ2) is 8.24. The summed E-state index contributed by atoms with van der Waals surface area (Å²) < 4.78 is 0. The van der Waals surface area contributed by atoms with Crippen LogP contribution in [0.25, 0.3) is 0 Å². The molecule has 0 atom stereocenters. The molecule has 4 rings (SSSR count). The highest BCUT2D eigenvalue weighted by molar-refractivity contribution is 6.01. The van der Waals surface area contributed by atoms with E-state index in [1.54, 1.807) is 0 Å². The molecule has 1 fully saturated rings. The highest BCUT2D eigenvalue weighted by Crippen LogP contribution is 2.29. The molecule has 27 heavy (non-hydrogen) atoms. The lowest BCUT2D eigenvalue weighted by Gasteiger charge is -2.35. The normalized spacial score (nSPS) is 18.1. The van der Waals surface area contributed by atoms with Crippen LogP contribution in [0.4, 0.5) is 5.69 Å². The summed E-state index contributed by atoms with van der Waals surface area (Å²) >= 11 is 0. The van der Waals surface area contributed by atoms with Gasteiger partial charge in [-0.25, -0.2) is 0 Å². The van der Waals surface area contributed by atoms with Gasteiger partial charge in [-0.15, -0.1) is 0 Å². The number of fused-ring (bicyclic) bond motifs is 1. The number of piperazine rings is 1. The van der Waals surface area contributed by atoms with Crippen molar-refractivity contribution in [1.29, 1.82) is 0 Å². The molecule has 0 radical (unpaired) electrons. The van der Waals surface area contributed by atoms with E-state index in [4.69, 9.17) is 0 Å². The molecule has 0 spiro atoms. The molecular weight excluding hydrogens is 334 g/mol. The Kier molecular flexibility index (Phi) is 5.55. The number of benzene rings is 2. The average Bonchev–Trinajstić information content (AvgIpc) is 3.02. The fraction of sp³-hybridized carbons (Fsp3) is 0.435. The fourth-order valence-corrected chi connectivity index (χ4v) is 4.16. The summed E-state index contributed by atoms with van der Waals surface area (Å²) in [7, 11) is 0. The van der Waals surface area contributed by atoms with E-state index in [1.165, 1.54) is 16.7 Å². The quantitative estimate of drug-likeness (QED) is 0.789. The van der Waals surface area contributed by atoms with Crippen LogP contribution in [-0.4, -0.2) is 55.0 Å². The van der Waals surface area contributed by atoms with Gasteiger partial charge in [0, 0.05) is 51.5 Å². The summed E-state index contributed by atoms with van der Waals surface area (Å²) in [5.74, 6) is 0.251. The zero-order chi connectivity index (χ0) is 18.6. The number of amides is 1. The Hall–Kier alpha value is -2.17. The number of nitrogens with zero attached hydrogens (tertiary/aromatic N) is 3. The van der Waals surface area contributed by atoms with E-state index in [0.717, 1.165) is 57.9 Å². The van der Waals surface area contributed by atoms with Gasteiger partial charge >= 0.3 is 0 Å². The molecule has 0 saturated carbocycles. The Bertz CT molecular complexity index is 781. The van der Waals surface area contributed by atoms with Crippen molar-refractivity contribution in [3.63, 3.8) is 0 Å². The van der Waals surface area contributed by atoms with Crippen molar-refractivity contribution in [3.8, 4) is 0 Å². The molecule has 0 bridgehead atoms. The lowest BCUT2D eigenvalue weighted by atomic mass is 10.1. The molecule has 0 aromatic heterocycles. The molecule has 142 valence electrons. The summed E-state index contributed by atoms with van der Waals surface area (Å²) in [6, 6.07) is 17.2. The van der Waals surface area contributed by atoms with E-state index >= 15 is 0 Å². The monoisotopic (exact) mass is 363 g/mol. The van der Waals surface area contributed by atoms with Crippen LogP contribution < -0.4 is 4.90 Å². The van der Waals surface area contributed by atoms with Gasteiger partial charge in [-0.2, -0.15) is 0 Å². The lowest BCUT2D eigenvalue weighted by Crippen LogP contribution is -2.48. The third kappa shape index (κ3) is 4.23. The Morgan fingerprint density at radius 3 is 2.33 bits per heavy atom. The SMILES string of the molecule is CCc1ccc2c(c1)CC(=O)N2CCN1CCN(Cc2ccccc2)CC1. The number of hydrogen-bond acceptors (Lipinski definition) is 3. The molecule has 4 nitrogen and oxygen atoms in total. The molecule has 2 aliphatic rings. The predicted octanol–water partition coefficient (Wildman–Crippen LogP) is 2.96. The zero-order valence-electron chi connectivity index (χ0n) is 16.2. The van der Waals surface area contributed by atoms with E-state index in [1.807, 2.05) is 4.90 Å². The minimum absolute atomic E-state index is 0.251. The summed E-state index contributed by atoms with van der Waals surface area (Å²) in [4.78, 5) is 19.5. The van der Waals surface area contributed by atoms with Crippen LogP contribution in [0.2, 0.25) is 0 Å². The maximum atomic E-state index is 12.5. The van der Waals surface area contributed by atoms with Crippen molar-refractivity contribution in [3.05, 3.63) is 65.2 Å². The number of hydrogen-bond donors (Lipinski definition) is 0. The first-order valence-electron chi connectivity index (χ1n) is 10.1.